The Labute approximate surface area is 153 Å². The van der Waals surface area contributed by atoms with Gasteiger partial charge in [-0.2, -0.15) is 5.10 Å². The number of nitrogens with two attached hydrogens (primary N) is 1. The van der Waals surface area contributed by atoms with E-state index in [4.69, 9.17) is 15.5 Å². The summed E-state index contributed by atoms with van der Waals surface area (Å²) in [4.78, 5) is 23.0. The zero-order valence-corrected chi connectivity index (χ0v) is 14.4. The normalized spacial score (nSPS) is 14.9. The van der Waals surface area contributed by atoms with Crippen molar-refractivity contribution in [2.45, 2.75) is 0 Å². The Morgan fingerprint density at radius 2 is 2.04 bits per heavy atom. The van der Waals surface area contributed by atoms with Crippen LogP contribution in [0.2, 0.25) is 0 Å². The third-order valence-electron chi connectivity index (χ3n) is 4.74. The van der Waals surface area contributed by atoms with Crippen LogP contribution in [0, 0.1) is 0 Å². The van der Waals surface area contributed by atoms with Crippen LogP contribution in [0.4, 0.5) is 5.82 Å². The number of benzene rings is 1. The van der Waals surface area contributed by atoms with Gasteiger partial charge in [0, 0.05) is 36.4 Å². The highest BCUT2D eigenvalue weighted by Gasteiger charge is 2.21. The second-order valence-electron chi connectivity index (χ2n) is 6.41. The van der Waals surface area contributed by atoms with Crippen molar-refractivity contribution >= 4 is 28.3 Å². The molecular weight excluding hydrogens is 346 g/mol. The molecule has 1 aliphatic rings. The number of morpholine rings is 1. The summed E-state index contributed by atoms with van der Waals surface area (Å²) in [5.41, 5.74) is 8.91. The fourth-order valence-electron chi connectivity index (χ4n) is 3.41. The number of imidazole rings is 1. The largest absolute Gasteiger partial charge is 0.378 e. The van der Waals surface area contributed by atoms with Crippen LogP contribution in [0.1, 0.15) is 10.5 Å². The van der Waals surface area contributed by atoms with E-state index in [0.29, 0.717) is 37.8 Å². The molecule has 1 amide bonds. The summed E-state index contributed by atoms with van der Waals surface area (Å²) in [5, 5.41) is 8.09. The van der Waals surface area contributed by atoms with Crippen LogP contribution < -0.4 is 10.6 Å². The van der Waals surface area contributed by atoms with Crippen LogP contribution in [-0.4, -0.2) is 56.8 Å². The fourth-order valence-corrected chi connectivity index (χ4v) is 3.41. The maximum atomic E-state index is 11.6. The first-order valence-corrected chi connectivity index (χ1v) is 8.65. The Morgan fingerprint density at radius 3 is 2.85 bits per heavy atom. The molecule has 0 unspecified atom stereocenters. The first kappa shape index (κ1) is 15.8. The third-order valence-corrected chi connectivity index (χ3v) is 4.74. The number of carbonyl (C=O) groups excluding carboxylic acids is 1. The SMILES string of the molecule is NC(=O)c1cn2cc(-c3cccc4[nH]ncc34)nc(N3CCOCC3)c2n1. The van der Waals surface area contributed by atoms with Crippen LogP contribution in [0.3, 0.4) is 0 Å². The molecule has 5 rings (SSSR count). The molecule has 136 valence electrons. The lowest BCUT2D eigenvalue weighted by Crippen LogP contribution is -2.37. The molecule has 3 N–H and O–H groups in total. The van der Waals surface area contributed by atoms with Gasteiger partial charge in [0.05, 0.1) is 30.6 Å². The van der Waals surface area contributed by atoms with Gasteiger partial charge < -0.3 is 19.8 Å². The minimum Gasteiger partial charge on any atom is -0.378 e. The number of H-pyrrole nitrogens is 1. The maximum Gasteiger partial charge on any atom is 0.268 e. The molecule has 1 saturated heterocycles. The number of anilines is 1. The first-order chi connectivity index (χ1) is 13.2. The molecule has 0 bridgehead atoms. The smallest absolute Gasteiger partial charge is 0.268 e. The molecule has 0 radical (unpaired) electrons. The van der Waals surface area contributed by atoms with Gasteiger partial charge in [-0.25, -0.2) is 9.97 Å². The van der Waals surface area contributed by atoms with E-state index in [0.717, 1.165) is 22.2 Å². The molecule has 0 atom stereocenters. The summed E-state index contributed by atoms with van der Waals surface area (Å²) in [6.45, 7) is 2.67. The van der Waals surface area contributed by atoms with E-state index in [9.17, 15) is 4.79 Å². The summed E-state index contributed by atoms with van der Waals surface area (Å²) < 4.78 is 7.27. The van der Waals surface area contributed by atoms with Gasteiger partial charge in [-0.15, -0.1) is 0 Å². The summed E-state index contributed by atoms with van der Waals surface area (Å²) in [7, 11) is 0. The van der Waals surface area contributed by atoms with E-state index in [1.807, 2.05) is 28.8 Å². The summed E-state index contributed by atoms with van der Waals surface area (Å²) >= 11 is 0. The van der Waals surface area contributed by atoms with Gasteiger partial charge in [0.2, 0.25) is 0 Å². The molecule has 0 aliphatic carbocycles. The van der Waals surface area contributed by atoms with Crippen LogP contribution in [0.25, 0.3) is 27.8 Å². The van der Waals surface area contributed by atoms with Crippen LogP contribution in [-0.2, 0) is 4.74 Å². The van der Waals surface area contributed by atoms with E-state index in [-0.39, 0.29) is 5.69 Å². The van der Waals surface area contributed by atoms with Gasteiger partial charge in [0.15, 0.2) is 11.5 Å². The highest BCUT2D eigenvalue weighted by molar-refractivity contribution is 5.94. The predicted octanol–water partition coefficient (Wildman–Crippen LogP) is 1.21. The van der Waals surface area contributed by atoms with Gasteiger partial charge >= 0.3 is 0 Å². The van der Waals surface area contributed by atoms with Crippen LogP contribution in [0.15, 0.2) is 36.8 Å². The standard InChI is InChI=1S/C18H17N7O2/c19-16(26)15-10-25-9-14(11-2-1-3-13-12(11)8-20-23-13)21-17(18(25)22-15)24-4-6-27-7-5-24/h1-3,8-10H,4-7H2,(H2,19,26)(H,20,23). The molecule has 0 saturated carbocycles. The first-order valence-electron chi connectivity index (χ1n) is 8.65. The minimum absolute atomic E-state index is 0.213. The van der Waals surface area contributed by atoms with E-state index < -0.39 is 5.91 Å². The van der Waals surface area contributed by atoms with Crippen molar-refractivity contribution in [3.05, 3.63) is 42.5 Å². The van der Waals surface area contributed by atoms with Crippen molar-refractivity contribution in [2.75, 3.05) is 31.2 Å². The number of primary amides is 1. The minimum atomic E-state index is -0.565. The Kier molecular flexibility index (Phi) is 3.54. The molecule has 1 fully saturated rings. The number of ether oxygens (including phenoxy) is 1. The lowest BCUT2D eigenvalue weighted by atomic mass is 10.1. The molecule has 27 heavy (non-hydrogen) atoms. The molecule has 1 aliphatic heterocycles. The third kappa shape index (κ3) is 2.59. The number of aromatic nitrogens is 5. The van der Waals surface area contributed by atoms with E-state index in [1.54, 1.807) is 12.4 Å². The molecule has 3 aromatic heterocycles. The summed E-state index contributed by atoms with van der Waals surface area (Å²) in [6, 6.07) is 5.93. The second-order valence-corrected chi connectivity index (χ2v) is 6.41. The number of amides is 1. The second kappa shape index (κ2) is 6.06. The van der Waals surface area contributed by atoms with Gasteiger partial charge in [-0.05, 0) is 6.07 Å². The van der Waals surface area contributed by atoms with Crippen molar-refractivity contribution < 1.29 is 9.53 Å². The van der Waals surface area contributed by atoms with Gasteiger partial charge in [-0.1, -0.05) is 12.1 Å². The van der Waals surface area contributed by atoms with Crippen molar-refractivity contribution in [3.8, 4) is 11.3 Å². The number of hydrogen-bond donors (Lipinski definition) is 2. The van der Waals surface area contributed by atoms with Crippen LogP contribution in [0.5, 0.6) is 0 Å². The number of nitrogens with one attached hydrogen (secondary N) is 1. The van der Waals surface area contributed by atoms with Gasteiger partial charge in [-0.3, -0.25) is 9.89 Å². The molecule has 9 nitrogen and oxygen atoms in total. The molecular formula is C18H17N7O2. The lowest BCUT2D eigenvalue weighted by Gasteiger charge is -2.28. The Bertz CT molecular complexity index is 1160. The molecule has 9 heteroatoms. The topological polar surface area (TPSA) is 114 Å². The van der Waals surface area contributed by atoms with E-state index in [2.05, 4.69) is 20.1 Å². The van der Waals surface area contributed by atoms with Gasteiger partial charge in [0.1, 0.15) is 5.69 Å². The number of hydrogen-bond acceptors (Lipinski definition) is 6. The van der Waals surface area contributed by atoms with E-state index >= 15 is 0 Å². The number of nitrogens with zero attached hydrogens (tertiary/aromatic N) is 5. The van der Waals surface area contributed by atoms with Crippen molar-refractivity contribution in [1.29, 1.82) is 0 Å². The van der Waals surface area contributed by atoms with Crippen molar-refractivity contribution in [2.24, 2.45) is 5.73 Å². The van der Waals surface area contributed by atoms with Crippen LogP contribution >= 0.6 is 0 Å². The lowest BCUT2D eigenvalue weighted by molar-refractivity contribution is 0.0996. The highest BCUT2D eigenvalue weighted by Crippen LogP contribution is 2.30. The molecule has 4 aromatic rings. The van der Waals surface area contributed by atoms with Crippen molar-refractivity contribution in [1.82, 2.24) is 24.6 Å². The molecule has 4 heterocycles. The zero-order chi connectivity index (χ0) is 18.4. The highest BCUT2D eigenvalue weighted by atomic mass is 16.5. The summed E-state index contributed by atoms with van der Waals surface area (Å²) in [6.07, 6.45) is 5.29. The number of carbonyl (C=O) groups is 1. The zero-order valence-electron chi connectivity index (χ0n) is 14.4. The van der Waals surface area contributed by atoms with Gasteiger partial charge in [0.25, 0.3) is 5.91 Å². The van der Waals surface area contributed by atoms with E-state index in [1.165, 1.54) is 0 Å². The Balaban J connectivity index is 1.75. The average Bonchev–Trinajstić information content (AvgIpc) is 3.34. The number of fused-ring (bicyclic) bond motifs is 2. The quantitative estimate of drug-likeness (QED) is 0.565. The molecule has 0 spiro atoms. The maximum absolute atomic E-state index is 11.6. The molecule has 1 aromatic carbocycles. The number of aromatic amines is 1. The predicted molar refractivity (Wildman–Crippen MR) is 99.6 cm³/mol. The fraction of sp³-hybridized carbons (Fsp3) is 0.222. The van der Waals surface area contributed by atoms with Crippen molar-refractivity contribution in [3.63, 3.8) is 0 Å². The Hall–Kier alpha value is -3.46. The Morgan fingerprint density at radius 1 is 1.19 bits per heavy atom. The number of rotatable bonds is 3. The average molecular weight is 363 g/mol. The summed E-state index contributed by atoms with van der Waals surface area (Å²) in [5.74, 6) is 0.147. The monoisotopic (exact) mass is 363 g/mol.